The first-order chi connectivity index (χ1) is 9.61. The first-order valence-electron chi connectivity index (χ1n) is 6.31. The van der Waals surface area contributed by atoms with Crippen LogP contribution in [-0.4, -0.2) is 5.97 Å². The van der Waals surface area contributed by atoms with E-state index in [2.05, 4.69) is 13.2 Å². The number of fused-ring (bicyclic) bond motifs is 1. The monoisotopic (exact) mass is 264 g/mol. The zero-order chi connectivity index (χ0) is 14.5. The lowest BCUT2D eigenvalue weighted by Gasteiger charge is -2.08. The Labute approximate surface area is 118 Å². The van der Waals surface area contributed by atoms with Gasteiger partial charge in [-0.3, -0.25) is 0 Å². The predicted octanol–water partition coefficient (Wildman–Crippen LogP) is 4.52. The van der Waals surface area contributed by atoms with Gasteiger partial charge in [0.1, 0.15) is 5.75 Å². The van der Waals surface area contributed by atoms with Gasteiger partial charge in [-0.2, -0.15) is 0 Å². The lowest BCUT2D eigenvalue weighted by molar-refractivity contribution is -0.130. The van der Waals surface area contributed by atoms with Crippen molar-refractivity contribution >= 4 is 22.8 Å². The van der Waals surface area contributed by atoms with Crippen LogP contribution in [0.3, 0.4) is 0 Å². The van der Waals surface area contributed by atoms with Crippen LogP contribution < -0.4 is 4.74 Å². The second-order valence-electron chi connectivity index (χ2n) is 4.50. The van der Waals surface area contributed by atoms with E-state index in [0.717, 1.165) is 16.3 Å². The standard InChI is InChI=1S/C18H16O2/c1-4-5-8-14-11-16(20-18(19)13(2)3)12-15-9-6-7-10-17(14)15/h4-12H,1-2H2,3H3/b8-5-. The minimum Gasteiger partial charge on any atom is -0.423 e. The number of ether oxygens (including phenoxy) is 1. The van der Waals surface area contributed by atoms with Gasteiger partial charge in [-0.1, -0.05) is 55.7 Å². The molecule has 0 N–H and O–H groups in total. The number of carbonyl (C=O) groups is 1. The topological polar surface area (TPSA) is 26.3 Å². The minimum absolute atomic E-state index is 0.376. The largest absolute Gasteiger partial charge is 0.423 e. The van der Waals surface area contributed by atoms with Gasteiger partial charge in [-0.15, -0.1) is 0 Å². The van der Waals surface area contributed by atoms with Crippen LogP contribution in [0.25, 0.3) is 16.8 Å². The number of allylic oxidation sites excluding steroid dienone is 2. The maximum atomic E-state index is 11.6. The number of rotatable bonds is 4. The molecule has 0 unspecified atom stereocenters. The Morgan fingerprint density at radius 1 is 1.25 bits per heavy atom. The third-order valence-electron chi connectivity index (χ3n) is 2.84. The van der Waals surface area contributed by atoms with Crippen LogP contribution in [-0.2, 0) is 4.79 Å². The van der Waals surface area contributed by atoms with E-state index >= 15 is 0 Å². The maximum Gasteiger partial charge on any atom is 0.338 e. The van der Waals surface area contributed by atoms with Gasteiger partial charge in [0, 0.05) is 5.57 Å². The van der Waals surface area contributed by atoms with Gasteiger partial charge in [0.25, 0.3) is 0 Å². The van der Waals surface area contributed by atoms with Crippen LogP contribution in [0.2, 0.25) is 0 Å². The molecule has 0 amide bonds. The predicted molar refractivity (Wildman–Crippen MR) is 83.6 cm³/mol. The molecule has 0 atom stereocenters. The molecular formula is C18H16O2. The Balaban J connectivity index is 2.52. The number of esters is 1. The molecule has 0 radical (unpaired) electrons. The molecule has 0 aliphatic rings. The van der Waals surface area contributed by atoms with E-state index in [9.17, 15) is 4.79 Å². The molecule has 0 fully saturated rings. The number of benzene rings is 2. The average molecular weight is 264 g/mol. The molecule has 0 spiro atoms. The van der Waals surface area contributed by atoms with E-state index < -0.39 is 5.97 Å². The Morgan fingerprint density at radius 3 is 2.70 bits per heavy atom. The molecule has 20 heavy (non-hydrogen) atoms. The molecule has 2 heteroatoms. The normalized spacial score (nSPS) is 10.7. The third kappa shape index (κ3) is 3.04. The van der Waals surface area contributed by atoms with Crippen LogP contribution in [0.1, 0.15) is 12.5 Å². The fourth-order valence-corrected chi connectivity index (χ4v) is 1.87. The van der Waals surface area contributed by atoms with Crippen molar-refractivity contribution in [2.45, 2.75) is 6.92 Å². The SMILES string of the molecule is C=C/C=C\c1cc(OC(=O)C(=C)C)cc2ccccc12. The van der Waals surface area contributed by atoms with Gasteiger partial charge < -0.3 is 4.74 Å². The zero-order valence-corrected chi connectivity index (χ0v) is 11.4. The lowest BCUT2D eigenvalue weighted by atomic mass is 10.0. The molecule has 0 saturated carbocycles. The quantitative estimate of drug-likeness (QED) is 0.351. The Bertz CT molecular complexity index is 708. The molecule has 0 aliphatic carbocycles. The molecule has 2 rings (SSSR count). The van der Waals surface area contributed by atoms with E-state index in [1.165, 1.54) is 0 Å². The summed E-state index contributed by atoms with van der Waals surface area (Å²) < 4.78 is 5.31. The third-order valence-corrected chi connectivity index (χ3v) is 2.84. The minimum atomic E-state index is -0.418. The Hall–Kier alpha value is -2.61. The molecule has 0 aromatic heterocycles. The molecule has 2 aromatic carbocycles. The summed E-state index contributed by atoms with van der Waals surface area (Å²) in [6, 6.07) is 11.6. The van der Waals surface area contributed by atoms with Crippen molar-refractivity contribution in [2.75, 3.05) is 0 Å². The molecule has 0 heterocycles. The van der Waals surface area contributed by atoms with Gasteiger partial charge in [0.2, 0.25) is 0 Å². The highest BCUT2D eigenvalue weighted by Gasteiger charge is 2.08. The number of hydrogen-bond donors (Lipinski definition) is 0. The summed E-state index contributed by atoms with van der Waals surface area (Å²) in [7, 11) is 0. The van der Waals surface area contributed by atoms with Crippen molar-refractivity contribution in [3.8, 4) is 5.75 Å². The average Bonchev–Trinajstić information content (AvgIpc) is 2.44. The molecule has 0 saturated heterocycles. The molecule has 2 nitrogen and oxygen atoms in total. The van der Waals surface area contributed by atoms with Crippen LogP contribution in [0.4, 0.5) is 0 Å². The smallest absolute Gasteiger partial charge is 0.338 e. The van der Waals surface area contributed by atoms with Crippen molar-refractivity contribution in [2.24, 2.45) is 0 Å². The van der Waals surface area contributed by atoms with E-state index in [-0.39, 0.29) is 0 Å². The van der Waals surface area contributed by atoms with Gasteiger partial charge in [0.15, 0.2) is 0 Å². The Kier molecular flexibility index (Phi) is 4.16. The summed E-state index contributed by atoms with van der Waals surface area (Å²) in [5, 5.41) is 2.11. The van der Waals surface area contributed by atoms with Gasteiger partial charge >= 0.3 is 5.97 Å². The number of hydrogen-bond acceptors (Lipinski definition) is 2. The van der Waals surface area contributed by atoms with Gasteiger partial charge in [0.05, 0.1) is 0 Å². The van der Waals surface area contributed by atoms with Crippen molar-refractivity contribution in [1.82, 2.24) is 0 Å². The molecular weight excluding hydrogens is 248 g/mol. The lowest BCUT2D eigenvalue weighted by Crippen LogP contribution is -2.08. The van der Waals surface area contributed by atoms with Crippen LogP contribution >= 0.6 is 0 Å². The highest BCUT2D eigenvalue weighted by molar-refractivity contribution is 5.94. The second kappa shape index (κ2) is 6.02. The fourth-order valence-electron chi connectivity index (χ4n) is 1.87. The fraction of sp³-hybridized carbons (Fsp3) is 0.0556. The van der Waals surface area contributed by atoms with E-state index in [1.54, 1.807) is 13.0 Å². The molecule has 0 bridgehead atoms. The van der Waals surface area contributed by atoms with Crippen molar-refractivity contribution in [3.63, 3.8) is 0 Å². The van der Waals surface area contributed by atoms with Crippen molar-refractivity contribution < 1.29 is 9.53 Å². The van der Waals surface area contributed by atoms with E-state index in [4.69, 9.17) is 4.74 Å². The van der Waals surface area contributed by atoms with Gasteiger partial charge in [-0.05, 0) is 35.4 Å². The molecule has 2 aromatic rings. The summed E-state index contributed by atoms with van der Waals surface area (Å²) in [5.74, 6) is 0.0966. The van der Waals surface area contributed by atoms with E-state index in [0.29, 0.717) is 11.3 Å². The molecule has 0 aliphatic heterocycles. The number of carbonyl (C=O) groups excluding carboxylic acids is 1. The first kappa shape index (κ1) is 13.8. The van der Waals surface area contributed by atoms with Crippen LogP contribution in [0.15, 0.2) is 67.3 Å². The van der Waals surface area contributed by atoms with Crippen molar-refractivity contribution in [1.29, 1.82) is 0 Å². The van der Waals surface area contributed by atoms with Crippen LogP contribution in [0, 0.1) is 0 Å². The Morgan fingerprint density at radius 2 is 2.00 bits per heavy atom. The van der Waals surface area contributed by atoms with E-state index in [1.807, 2.05) is 48.6 Å². The highest BCUT2D eigenvalue weighted by Crippen LogP contribution is 2.27. The highest BCUT2D eigenvalue weighted by atomic mass is 16.5. The summed E-state index contributed by atoms with van der Waals surface area (Å²) >= 11 is 0. The molecule has 100 valence electrons. The first-order valence-corrected chi connectivity index (χ1v) is 6.31. The van der Waals surface area contributed by atoms with Crippen LogP contribution in [0.5, 0.6) is 5.75 Å². The maximum absolute atomic E-state index is 11.6. The van der Waals surface area contributed by atoms with Gasteiger partial charge in [-0.25, -0.2) is 4.79 Å². The zero-order valence-electron chi connectivity index (χ0n) is 11.4. The van der Waals surface area contributed by atoms with Crippen molar-refractivity contribution in [3.05, 3.63) is 72.8 Å². The summed E-state index contributed by atoms with van der Waals surface area (Å²) in [6.45, 7) is 8.88. The summed E-state index contributed by atoms with van der Waals surface area (Å²) in [5.41, 5.74) is 1.36. The summed E-state index contributed by atoms with van der Waals surface area (Å²) in [4.78, 5) is 11.6. The second-order valence-corrected chi connectivity index (χ2v) is 4.50. The summed E-state index contributed by atoms with van der Waals surface area (Å²) in [6.07, 6.45) is 5.50.